The highest BCUT2D eigenvalue weighted by atomic mass is 16.6. The van der Waals surface area contributed by atoms with Crippen LogP contribution in [0.1, 0.15) is 406 Å². The van der Waals surface area contributed by atoms with Gasteiger partial charge >= 0.3 is 17.9 Å². The van der Waals surface area contributed by atoms with E-state index in [-0.39, 0.29) is 31.1 Å². The monoisotopic (exact) mass is 1160 g/mol. The number of carbonyl (C=O) groups is 3. The fraction of sp³-hybridized carbons (Fsp3) is 0.857. The second-order valence-corrected chi connectivity index (χ2v) is 25.2. The summed E-state index contributed by atoms with van der Waals surface area (Å²) in [5, 5.41) is 0. The Labute approximate surface area is 518 Å². The predicted molar refractivity (Wildman–Crippen MR) is 362 cm³/mol. The maximum absolute atomic E-state index is 13.0. The zero-order chi connectivity index (χ0) is 59.9. The maximum atomic E-state index is 13.0. The molecule has 83 heavy (non-hydrogen) atoms. The first-order chi connectivity index (χ1) is 41.0. The van der Waals surface area contributed by atoms with Crippen molar-refractivity contribution in [2.75, 3.05) is 13.2 Å². The molecule has 0 aromatic rings. The number of allylic oxidation sites excluding steroid dienone is 8. The van der Waals surface area contributed by atoms with E-state index in [0.717, 1.165) is 83.5 Å². The van der Waals surface area contributed by atoms with Gasteiger partial charge in [-0.1, -0.05) is 358 Å². The molecule has 0 aliphatic carbocycles. The zero-order valence-electron chi connectivity index (χ0n) is 56.0. The Morgan fingerprint density at radius 1 is 0.253 bits per heavy atom. The van der Waals surface area contributed by atoms with Gasteiger partial charge in [0.1, 0.15) is 13.2 Å². The molecule has 0 fully saturated rings. The molecule has 0 saturated heterocycles. The van der Waals surface area contributed by atoms with Crippen molar-refractivity contribution in [3.05, 3.63) is 48.6 Å². The topological polar surface area (TPSA) is 78.9 Å². The number of ether oxygens (including phenoxy) is 3. The highest BCUT2D eigenvalue weighted by Gasteiger charge is 2.20. The standard InChI is InChI=1S/C77H142O6/c1-4-7-10-13-16-19-22-25-28-31-33-34-35-36-37-38-39-40-41-42-44-46-49-52-55-58-61-64-67-70-76(79)82-73-74(72-81-75(78)69-66-63-60-57-54-51-48-45-30-27-24-21-18-15-12-9-6-3)83-77(80)71-68-65-62-59-56-53-50-47-43-32-29-26-23-20-17-14-11-8-5-2/h9,12,18,21,26-27,29-30,74H,4-8,10-11,13-17,19-20,22-25,28,31-73H2,1-3H3/b12-9-,21-18-,29-26-,30-27-. The van der Waals surface area contributed by atoms with E-state index in [1.807, 2.05) is 0 Å². The third-order valence-corrected chi connectivity index (χ3v) is 16.8. The quantitative estimate of drug-likeness (QED) is 0.0261. The number of hydrogen-bond acceptors (Lipinski definition) is 6. The second kappa shape index (κ2) is 71.8. The minimum atomic E-state index is -0.779. The van der Waals surface area contributed by atoms with Crippen LogP contribution in [0.4, 0.5) is 0 Å². The third kappa shape index (κ3) is 70.0. The summed E-state index contributed by atoms with van der Waals surface area (Å²) in [6.45, 7) is 6.59. The summed E-state index contributed by atoms with van der Waals surface area (Å²) in [5.74, 6) is -0.857. The summed E-state index contributed by atoms with van der Waals surface area (Å²) < 4.78 is 17.0. The number of esters is 3. The third-order valence-electron chi connectivity index (χ3n) is 16.8. The second-order valence-electron chi connectivity index (χ2n) is 25.2. The Morgan fingerprint density at radius 3 is 0.747 bits per heavy atom. The molecule has 0 aliphatic rings. The predicted octanol–water partition coefficient (Wildman–Crippen LogP) is 25.7. The summed E-state index contributed by atoms with van der Waals surface area (Å²) in [4.78, 5) is 38.5. The summed E-state index contributed by atoms with van der Waals surface area (Å²) in [5.41, 5.74) is 0. The van der Waals surface area contributed by atoms with Crippen LogP contribution in [-0.4, -0.2) is 37.2 Å². The van der Waals surface area contributed by atoms with Crippen molar-refractivity contribution in [1.82, 2.24) is 0 Å². The van der Waals surface area contributed by atoms with Crippen molar-refractivity contribution in [3.8, 4) is 0 Å². The van der Waals surface area contributed by atoms with E-state index >= 15 is 0 Å². The summed E-state index contributed by atoms with van der Waals surface area (Å²) in [6, 6.07) is 0. The highest BCUT2D eigenvalue weighted by molar-refractivity contribution is 5.71. The van der Waals surface area contributed by atoms with Gasteiger partial charge in [0.15, 0.2) is 6.10 Å². The van der Waals surface area contributed by atoms with E-state index < -0.39 is 6.10 Å². The van der Waals surface area contributed by atoms with Gasteiger partial charge in [0.25, 0.3) is 0 Å². The molecule has 0 aromatic carbocycles. The van der Waals surface area contributed by atoms with Crippen LogP contribution in [0.5, 0.6) is 0 Å². The maximum Gasteiger partial charge on any atom is 0.306 e. The van der Waals surface area contributed by atoms with Gasteiger partial charge in [0.2, 0.25) is 0 Å². The first kappa shape index (κ1) is 80.4. The van der Waals surface area contributed by atoms with E-state index in [9.17, 15) is 14.4 Å². The van der Waals surface area contributed by atoms with E-state index in [1.165, 1.54) is 283 Å². The van der Waals surface area contributed by atoms with Crippen molar-refractivity contribution in [2.24, 2.45) is 0 Å². The van der Waals surface area contributed by atoms with Crippen LogP contribution in [0.3, 0.4) is 0 Å². The number of rotatable bonds is 69. The van der Waals surface area contributed by atoms with E-state index in [1.54, 1.807) is 0 Å². The molecule has 0 rings (SSSR count). The van der Waals surface area contributed by atoms with Crippen molar-refractivity contribution in [2.45, 2.75) is 412 Å². The summed E-state index contributed by atoms with van der Waals surface area (Å²) in [7, 11) is 0. The van der Waals surface area contributed by atoms with Gasteiger partial charge in [-0.15, -0.1) is 0 Å². The van der Waals surface area contributed by atoms with Gasteiger partial charge in [-0.05, 0) is 77.0 Å². The molecule has 1 atom stereocenters. The molecule has 0 saturated carbocycles. The van der Waals surface area contributed by atoms with Crippen molar-refractivity contribution in [1.29, 1.82) is 0 Å². The van der Waals surface area contributed by atoms with Crippen LogP contribution >= 0.6 is 0 Å². The van der Waals surface area contributed by atoms with Gasteiger partial charge in [-0.2, -0.15) is 0 Å². The van der Waals surface area contributed by atoms with Gasteiger partial charge in [0, 0.05) is 19.3 Å². The molecule has 0 N–H and O–H groups in total. The van der Waals surface area contributed by atoms with Crippen LogP contribution in [0.15, 0.2) is 48.6 Å². The average Bonchev–Trinajstić information content (AvgIpc) is 3.50. The van der Waals surface area contributed by atoms with E-state index in [0.29, 0.717) is 19.3 Å². The Kier molecular flexibility index (Phi) is 69.6. The molecule has 0 spiro atoms. The molecule has 486 valence electrons. The van der Waals surface area contributed by atoms with Gasteiger partial charge in [-0.3, -0.25) is 14.4 Å². The summed E-state index contributed by atoms with van der Waals surface area (Å²) >= 11 is 0. The molecule has 6 heteroatoms. The Hall–Kier alpha value is -2.63. The van der Waals surface area contributed by atoms with Crippen LogP contribution in [0.2, 0.25) is 0 Å². The van der Waals surface area contributed by atoms with E-state index in [4.69, 9.17) is 14.2 Å². The molecule has 0 heterocycles. The molecule has 0 aromatic heterocycles. The Morgan fingerprint density at radius 2 is 0.470 bits per heavy atom. The lowest BCUT2D eigenvalue weighted by atomic mass is 10.0. The molecular weight excluding hydrogens is 1020 g/mol. The lowest BCUT2D eigenvalue weighted by molar-refractivity contribution is -0.167. The van der Waals surface area contributed by atoms with Crippen LogP contribution in [0, 0.1) is 0 Å². The number of carbonyl (C=O) groups excluding carboxylic acids is 3. The molecule has 0 radical (unpaired) electrons. The Bertz CT molecular complexity index is 1430. The van der Waals surface area contributed by atoms with Crippen LogP contribution in [-0.2, 0) is 28.6 Å². The minimum Gasteiger partial charge on any atom is -0.462 e. The van der Waals surface area contributed by atoms with Crippen molar-refractivity contribution in [3.63, 3.8) is 0 Å². The normalized spacial score (nSPS) is 12.3. The minimum absolute atomic E-state index is 0.0727. The fourth-order valence-corrected chi connectivity index (χ4v) is 11.3. The van der Waals surface area contributed by atoms with Crippen molar-refractivity contribution >= 4 is 17.9 Å². The zero-order valence-corrected chi connectivity index (χ0v) is 56.0. The van der Waals surface area contributed by atoms with Crippen LogP contribution < -0.4 is 0 Å². The largest absolute Gasteiger partial charge is 0.462 e. The van der Waals surface area contributed by atoms with Crippen LogP contribution in [0.25, 0.3) is 0 Å². The molecule has 1 unspecified atom stereocenters. The molecular formula is C77H142O6. The molecule has 0 bridgehead atoms. The van der Waals surface area contributed by atoms with E-state index in [2.05, 4.69) is 69.4 Å². The fourth-order valence-electron chi connectivity index (χ4n) is 11.3. The first-order valence-electron chi connectivity index (χ1n) is 37.1. The molecule has 0 aliphatic heterocycles. The Balaban J connectivity index is 4.23. The summed E-state index contributed by atoms with van der Waals surface area (Å²) in [6.07, 6.45) is 91.6. The van der Waals surface area contributed by atoms with Crippen molar-refractivity contribution < 1.29 is 28.6 Å². The van der Waals surface area contributed by atoms with Gasteiger partial charge in [0.05, 0.1) is 0 Å². The lowest BCUT2D eigenvalue weighted by Crippen LogP contribution is -2.30. The molecule has 0 amide bonds. The average molecular weight is 1160 g/mol. The number of unbranched alkanes of at least 4 members (excludes halogenated alkanes) is 50. The molecule has 6 nitrogen and oxygen atoms in total. The number of hydrogen-bond donors (Lipinski definition) is 0. The SMILES string of the molecule is CC/C=C\C/C=C\C/C=C\CCCCCCCCCC(=O)OCC(COC(=O)CCCCCCCCCCCCCCCCCCCCCCCCCCCCCCC)OC(=O)CCCCCCCCCCC/C=C\CCCCCCCC. The van der Waals surface area contributed by atoms with Gasteiger partial charge < -0.3 is 14.2 Å². The van der Waals surface area contributed by atoms with Gasteiger partial charge in [-0.25, -0.2) is 0 Å². The lowest BCUT2D eigenvalue weighted by Gasteiger charge is -2.18. The first-order valence-corrected chi connectivity index (χ1v) is 37.1. The highest BCUT2D eigenvalue weighted by Crippen LogP contribution is 2.19. The smallest absolute Gasteiger partial charge is 0.306 e.